The maximum absolute atomic E-state index is 12.3. The minimum Gasteiger partial charge on any atom is -0.397 e. The number of hydrogen-bond acceptors (Lipinski definition) is 3. The van der Waals surface area contributed by atoms with Gasteiger partial charge in [0.15, 0.2) is 0 Å². The third-order valence-electron chi connectivity index (χ3n) is 3.22. The van der Waals surface area contributed by atoms with Crippen molar-refractivity contribution in [1.29, 1.82) is 0 Å². The molecular weight excluding hydrogens is 330 g/mol. The quantitative estimate of drug-likeness (QED) is 0.744. The molecule has 0 saturated carbocycles. The molecule has 0 aliphatic carbocycles. The van der Waals surface area contributed by atoms with Gasteiger partial charge in [0.2, 0.25) is 0 Å². The first-order valence-electron chi connectivity index (χ1n) is 6.35. The number of nitrogen functional groups attached to an aromatic ring is 1. The second kappa shape index (κ2) is 5.54. The molecule has 1 aromatic heterocycles. The number of amides is 1. The summed E-state index contributed by atoms with van der Waals surface area (Å²) in [5.74, 6) is -0.248. The van der Waals surface area contributed by atoms with Crippen LogP contribution in [0.5, 0.6) is 0 Å². The zero-order valence-corrected chi connectivity index (χ0v) is 12.6. The maximum Gasteiger partial charge on any atom is 0.257 e. The van der Waals surface area contributed by atoms with Crippen LogP contribution in [-0.4, -0.2) is 10.9 Å². The van der Waals surface area contributed by atoms with Crippen LogP contribution in [0.1, 0.15) is 10.4 Å². The molecule has 104 valence electrons. The summed E-state index contributed by atoms with van der Waals surface area (Å²) in [6.07, 6.45) is 3.01. The van der Waals surface area contributed by atoms with E-state index in [2.05, 4.69) is 26.2 Å². The Balaban J connectivity index is 2.01. The van der Waals surface area contributed by atoms with Crippen LogP contribution in [-0.2, 0) is 0 Å². The Kier molecular flexibility index (Phi) is 3.58. The molecular formula is C16H12BrN3O. The Hall–Kier alpha value is -2.40. The number of hydrogen-bond donors (Lipinski definition) is 2. The van der Waals surface area contributed by atoms with Gasteiger partial charge in [0.1, 0.15) is 0 Å². The van der Waals surface area contributed by atoms with E-state index in [1.807, 2.05) is 36.4 Å². The first kappa shape index (κ1) is 13.6. The highest BCUT2D eigenvalue weighted by atomic mass is 79.9. The number of fused-ring (bicyclic) bond motifs is 1. The molecule has 0 atom stereocenters. The predicted molar refractivity (Wildman–Crippen MR) is 88.3 cm³/mol. The Morgan fingerprint density at radius 2 is 1.86 bits per heavy atom. The second-order valence-corrected chi connectivity index (χ2v) is 5.41. The lowest BCUT2D eigenvalue weighted by Crippen LogP contribution is -2.14. The van der Waals surface area contributed by atoms with Gasteiger partial charge in [0.05, 0.1) is 17.4 Å². The summed E-state index contributed by atoms with van der Waals surface area (Å²) in [7, 11) is 0. The van der Waals surface area contributed by atoms with E-state index in [0.717, 1.165) is 20.9 Å². The first-order chi connectivity index (χ1) is 10.2. The van der Waals surface area contributed by atoms with Gasteiger partial charge in [0, 0.05) is 21.7 Å². The molecule has 0 radical (unpaired) electrons. The van der Waals surface area contributed by atoms with Crippen LogP contribution in [0, 0.1) is 0 Å². The number of pyridine rings is 1. The predicted octanol–water partition coefficient (Wildman–Crippen LogP) is 3.83. The molecule has 0 unspecified atom stereocenters. The summed E-state index contributed by atoms with van der Waals surface area (Å²) in [5.41, 5.74) is 7.30. The molecule has 1 amide bonds. The number of aromatic nitrogens is 1. The van der Waals surface area contributed by atoms with E-state index in [-0.39, 0.29) is 5.91 Å². The van der Waals surface area contributed by atoms with Gasteiger partial charge in [-0.2, -0.15) is 0 Å². The molecule has 0 aliphatic heterocycles. The SMILES string of the molecule is Nc1cnccc1C(=O)Nc1ccc(Br)c2ccccc12. The van der Waals surface area contributed by atoms with Gasteiger partial charge in [-0.05, 0) is 23.6 Å². The molecule has 0 saturated heterocycles. The van der Waals surface area contributed by atoms with E-state index in [1.54, 1.807) is 12.3 Å². The van der Waals surface area contributed by atoms with E-state index in [9.17, 15) is 4.79 Å². The smallest absolute Gasteiger partial charge is 0.257 e. The lowest BCUT2D eigenvalue weighted by molar-refractivity contribution is 0.102. The number of anilines is 2. The van der Waals surface area contributed by atoms with Crippen LogP contribution >= 0.6 is 15.9 Å². The summed E-state index contributed by atoms with van der Waals surface area (Å²) >= 11 is 3.51. The molecule has 5 heteroatoms. The lowest BCUT2D eigenvalue weighted by Gasteiger charge is -2.11. The number of carbonyl (C=O) groups is 1. The number of rotatable bonds is 2. The highest BCUT2D eigenvalue weighted by molar-refractivity contribution is 9.10. The number of halogens is 1. The van der Waals surface area contributed by atoms with Crippen molar-refractivity contribution < 1.29 is 4.79 Å². The highest BCUT2D eigenvalue weighted by Gasteiger charge is 2.12. The third kappa shape index (κ3) is 2.60. The van der Waals surface area contributed by atoms with Gasteiger partial charge in [0.25, 0.3) is 5.91 Å². The monoisotopic (exact) mass is 341 g/mol. The van der Waals surface area contributed by atoms with Crippen LogP contribution in [0.15, 0.2) is 59.3 Å². The molecule has 0 bridgehead atoms. The van der Waals surface area contributed by atoms with E-state index < -0.39 is 0 Å². The topological polar surface area (TPSA) is 68.0 Å². The summed E-state index contributed by atoms with van der Waals surface area (Å²) in [6.45, 7) is 0. The zero-order valence-electron chi connectivity index (χ0n) is 11.0. The van der Waals surface area contributed by atoms with Crippen LogP contribution in [0.3, 0.4) is 0 Å². The van der Waals surface area contributed by atoms with Crippen molar-refractivity contribution in [2.24, 2.45) is 0 Å². The van der Waals surface area contributed by atoms with Crippen molar-refractivity contribution in [2.75, 3.05) is 11.1 Å². The summed E-state index contributed by atoms with van der Waals surface area (Å²) in [6, 6.07) is 13.2. The van der Waals surface area contributed by atoms with Crippen molar-refractivity contribution in [3.8, 4) is 0 Å². The van der Waals surface area contributed by atoms with E-state index in [1.165, 1.54) is 6.20 Å². The van der Waals surface area contributed by atoms with Gasteiger partial charge in [-0.3, -0.25) is 9.78 Å². The number of benzene rings is 2. The molecule has 21 heavy (non-hydrogen) atoms. The maximum atomic E-state index is 12.3. The molecule has 3 N–H and O–H groups in total. The van der Waals surface area contributed by atoms with Crippen molar-refractivity contribution >= 4 is 44.0 Å². The largest absolute Gasteiger partial charge is 0.397 e. The Morgan fingerprint density at radius 3 is 2.62 bits per heavy atom. The third-order valence-corrected chi connectivity index (χ3v) is 3.91. The number of nitrogens with zero attached hydrogens (tertiary/aromatic N) is 1. The normalized spacial score (nSPS) is 10.5. The zero-order chi connectivity index (χ0) is 14.8. The van der Waals surface area contributed by atoms with Crippen LogP contribution < -0.4 is 11.1 Å². The summed E-state index contributed by atoms with van der Waals surface area (Å²) in [4.78, 5) is 16.2. The lowest BCUT2D eigenvalue weighted by atomic mass is 10.1. The average Bonchev–Trinajstić information content (AvgIpc) is 2.51. The first-order valence-corrected chi connectivity index (χ1v) is 7.14. The molecule has 3 rings (SSSR count). The van der Waals surface area contributed by atoms with Gasteiger partial charge >= 0.3 is 0 Å². The minimum absolute atomic E-state index is 0.248. The van der Waals surface area contributed by atoms with Crippen LogP contribution in [0.2, 0.25) is 0 Å². The van der Waals surface area contributed by atoms with Gasteiger partial charge < -0.3 is 11.1 Å². The molecule has 2 aromatic carbocycles. The Bertz CT molecular complexity index is 833. The highest BCUT2D eigenvalue weighted by Crippen LogP contribution is 2.30. The minimum atomic E-state index is -0.248. The molecule has 0 fully saturated rings. The number of carbonyl (C=O) groups excluding carboxylic acids is 1. The van der Waals surface area contributed by atoms with Crippen molar-refractivity contribution in [1.82, 2.24) is 4.98 Å². The fraction of sp³-hybridized carbons (Fsp3) is 0. The number of nitrogens with two attached hydrogens (primary N) is 1. The fourth-order valence-corrected chi connectivity index (χ4v) is 2.65. The van der Waals surface area contributed by atoms with Crippen molar-refractivity contribution in [3.63, 3.8) is 0 Å². The Morgan fingerprint density at radius 1 is 1.10 bits per heavy atom. The molecule has 4 nitrogen and oxygen atoms in total. The standard InChI is InChI=1S/C16H12BrN3O/c17-13-5-6-15(11-4-2-1-3-10(11)13)20-16(21)12-7-8-19-9-14(12)18/h1-9H,18H2,(H,20,21). The van der Waals surface area contributed by atoms with Gasteiger partial charge in [-0.15, -0.1) is 0 Å². The molecule has 0 aliphatic rings. The van der Waals surface area contributed by atoms with Gasteiger partial charge in [-0.25, -0.2) is 0 Å². The van der Waals surface area contributed by atoms with E-state index in [0.29, 0.717) is 11.3 Å². The van der Waals surface area contributed by atoms with Crippen molar-refractivity contribution in [3.05, 3.63) is 64.9 Å². The van der Waals surface area contributed by atoms with Crippen LogP contribution in [0.4, 0.5) is 11.4 Å². The van der Waals surface area contributed by atoms with E-state index in [4.69, 9.17) is 5.73 Å². The average molecular weight is 342 g/mol. The Labute approximate surface area is 130 Å². The summed E-state index contributed by atoms with van der Waals surface area (Å²) in [5, 5.41) is 4.91. The second-order valence-electron chi connectivity index (χ2n) is 4.56. The van der Waals surface area contributed by atoms with Gasteiger partial charge in [-0.1, -0.05) is 40.2 Å². The fourth-order valence-electron chi connectivity index (χ4n) is 2.17. The van der Waals surface area contributed by atoms with Crippen LogP contribution in [0.25, 0.3) is 10.8 Å². The van der Waals surface area contributed by atoms with Crippen molar-refractivity contribution in [2.45, 2.75) is 0 Å². The summed E-state index contributed by atoms with van der Waals surface area (Å²) < 4.78 is 0.986. The molecule has 3 aromatic rings. The molecule has 0 spiro atoms. The number of nitrogens with one attached hydrogen (secondary N) is 1. The van der Waals surface area contributed by atoms with E-state index >= 15 is 0 Å². The molecule has 1 heterocycles.